The summed E-state index contributed by atoms with van der Waals surface area (Å²) in [6, 6.07) is 6.65. The molecule has 1 aromatic carbocycles. The molecule has 4 rings (SSSR count). The Balaban J connectivity index is 1.54. The van der Waals surface area contributed by atoms with E-state index in [2.05, 4.69) is 20.0 Å². The standard InChI is InChI=1S/C22H35FN4O/c1-28-22-9-8-20(14-21(22)23)27-16-25(18-6-4-2-3-5-7-18)15-26(17-27)19-10-12-24-13-11-19/h8-9,14,18-19,24H,2-7,10-13,15-17H2,1H3. The van der Waals surface area contributed by atoms with Crippen molar-refractivity contribution in [3.05, 3.63) is 24.0 Å². The van der Waals surface area contributed by atoms with Crippen LogP contribution in [0.25, 0.3) is 0 Å². The number of benzene rings is 1. The minimum atomic E-state index is -0.278. The van der Waals surface area contributed by atoms with Crippen LogP contribution in [0, 0.1) is 5.82 Å². The molecule has 1 saturated carbocycles. The molecule has 2 saturated heterocycles. The van der Waals surface area contributed by atoms with Crippen LogP contribution >= 0.6 is 0 Å². The summed E-state index contributed by atoms with van der Waals surface area (Å²) in [5.41, 5.74) is 0.954. The topological polar surface area (TPSA) is 31.0 Å². The Labute approximate surface area is 168 Å². The van der Waals surface area contributed by atoms with E-state index in [1.54, 1.807) is 12.1 Å². The molecule has 5 nitrogen and oxygen atoms in total. The summed E-state index contributed by atoms with van der Waals surface area (Å²) in [6.45, 7) is 5.01. The second-order valence-corrected chi connectivity index (χ2v) is 8.59. The lowest BCUT2D eigenvalue weighted by molar-refractivity contribution is 0.0136. The Kier molecular flexibility index (Phi) is 6.70. The largest absolute Gasteiger partial charge is 0.494 e. The van der Waals surface area contributed by atoms with Crippen LogP contribution in [0.2, 0.25) is 0 Å². The number of piperidine rings is 1. The smallest absolute Gasteiger partial charge is 0.167 e. The molecule has 28 heavy (non-hydrogen) atoms. The highest BCUT2D eigenvalue weighted by molar-refractivity contribution is 5.50. The predicted molar refractivity (Wildman–Crippen MR) is 111 cm³/mol. The highest BCUT2D eigenvalue weighted by Crippen LogP contribution is 2.30. The summed E-state index contributed by atoms with van der Waals surface area (Å²) < 4.78 is 19.5. The molecule has 1 aliphatic carbocycles. The average Bonchev–Trinajstić information content (AvgIpc) is 3.04. The molecular weight excluding hydrogens is 355 g/mol. The number of nitrogens with one attached hydrogen (secondary N) is 1. The van der Waals surface area contributed by atoms with Crippen LogP contribution in [0.4, 0.5) is 10.1 Å². The number of rotatable bonds is 4. The molecule has 1 aromatic rings. The van der Waals surface area contributed by atoms with Crippen molar-refractivity contribution >= 4 is 5.69 Å². The number of hydrogen-bond acceptors (Lipinski definition) is 5. The summed E-state index contributed by atoms with van der Waals surface area (Å²) in [5, 5.41) is 3.48. The third-order valence-electron chi connectivity index (χ3n) is 6.73. The average molecular weight is 391 g/mol. The van der Waals surface area contributed by atoms with E-state index in [0.29, 0.717) is 17.8 Å². The second-order valence-electron chi connectivity index (χ2n) is 8.59. The van der Waals surface area contributed by atoms with Crippen molar-refractivity contribution in [1.29, 1.82) is 0 Å². The van der Waals surface area contributed by atoms with Gasteiger partial charge in [-0.15, -0.1) is 0 Å². The van der Waals surface area contributed by atoms with Crippen LogP contribution < -0.4 is 15.0 Å². The monoisotopic (exact) mass is 390 g/mol. The summed E-state index contributed by atoms with van der Waals surface area (Å²) in [4.78, 5) is 7.62. The van der Waals surface area contributed by atoms with Crippen LogP contribution in [0.5, 0.6) is 5.75 Å². The molecule has 2 heterocycles. The number of hydrogen-bond donors (Lipinski definition) is 1. The first-order valence-electron chi connectivity index (χ1n) is 11.0. The Bertz CT molecular complexity index is 629. The van der Waals surface area contributed by atoms with E-state index in [1.165, 1.54) is 58.5 Å². The molecule has 1 N–H and O–H groups in total. The molecule has 6 heteroatoms. The van der Waals surface area contributed by atoms with Gasteiger partial charge in [-0.3, -0.25) is 9.80 Å². The zero-order chi connectivity index (χ0) is 19.3. The third kappa shape index (κ3) is 4.61. The van der Waals surface area contributed by atoms with Gasteiger partial charge >= 0.3 is 0 Å². The van der Waals surface area contributed by atoms with Gasteiger partial charge in [0.25, 0.3) is 0 Å². The normalized spacial score (nSPS) is 24.3. The molecular formula is C22H35FN4O. The van der Waals surface area contributed by atoms with Crippen molar-refractivity contribution < 1.29 is 9.13 Å². The van der Waals surface area contributed by atoms with Crippen molar-refractivity contribution in [2.45, 2.75) is 63.5 Å². The van der Waals surface area contributed by atoms with Crippen molar-refractivity contribution in [2.24, 2.45) is 0 Å². The second kappa shape index (κ2) is 9.42. The van der Waals surface area contributed by atoms with Gasteiger partial charge in [0.2, 0.25) is 0 Å². The van der Waals surface area contributed by atoms with Gasteiger partial charge in [0.05, 0.1) is 27.1 Å². The minimum Gasteiger partial charge on any atom is -0.494 e. The van der Waals surface area contributed by atoms with Gasteiger partial charge in [-0.1, -0.05) is 25.7 Å². The molecule has 3 fully saturated rings. The summed E-state index contributed by atoms with van der Waals surface area (Å²) in [6.07, 6.45) is 10.4. The molecule has 156 valence electrons. The van der Waals surface area contributed by atoms with Gasteiger partial charge in [0.15, 0.2) is 11.6 Å². The van der Waals surface area contributed by atoms with Crippen LogP contribution in [-0.4, -0.2) is 62.1 Å². The maximum Gasteiger partial charge on any atom is 0.167 e. The first kappa shape index (κ1) is 19.9. The SMILES string of the molecule is COc1ccc(N2CN(C3CCCCCC3)CN(C3CCNCC3)C2)cc1F. The number of ether oxygens (including phenoxy) is 1. The maximum atomic E-state index is 14.4. The van der Waals surface area contributed by atoms with Crippen molar-refractivity contribution in [3.8, 4) is 5.75 Å². The molecule has 0 radical (unpaired) electrons. The van der Waals surface area contributed by atoms with E-state index < -0.39 is 0 Å². The lowest BCUT2D eigenvalue weighted by Crippen LogP contribution is -2.61. The van der Waals surface area contributed by atoms with Crippen molar-refractivity contribution in [2.75, 3.05) is 45.1 Å². The number of halogens is 1. The third-order valence-corrected chi connectivity index (χ3v) is 6.73. The highest BCUT2D eigenvalue weighted by atomic mass is 19.1. The molecule has 3 aliphatic rings. The zero-order valence-electron chi connectivity index (χ0n) is 17.2. The maximum absolute atomic E-state index is 14.4. The van der Waals surface area contributed by atoms with Gasteiger partial charge < -0.3 is 15.0 Å². The number of anilines is 1. The van der Waals surface area contributed by atoms with E-state index in [1.807, 2.05) is 6.07 Å². The lowest BCUT2D eigenvalue weighted by atomic mass is 10.0. The summed E-state index contributed by atoms with van der Waals surface area (Å²) in [5.74, 6) is 0.0385. The molecule has 2 aliphatic heterocycles. The van der Waals surface area contributed by atoms with Gasteiger partial charge in [-0.05, 0) is 50.9 Å². The first-order valence-corrected chi connectivity index (χ1v) is 11.0. The van der Waals surface area contributed by atoms with E-state index in [-0.39, 0.29) is 5.82 Å². The Morgan fingerprint density at radius 2 is 1.54 bits per heavy atom. The van der Waals surface area contributed by atoms with Crippen LogP contribution in [-0.2, 0) is 0 Å². The van der Waals surface area contributed by atoms with Crippen molar-refractivity contribution in [3.63, 3.8) is 0 Å². The van der Waals surface area contributed by atoms with Crippen LogP contribution in [0.1, 0.15) is 51.4 Å². The van der Waals surface area contributed by atoms with Gasteiger partial charge in [0.1, 0.15) is 0 Å². The molecule has 0 amide bonds. The van der Waals surface area contributed by atoms with Crippen LogP contribution in [0.15, 0.2) is 18.2 Å². The van der Waals surface area contributed by atoms with Gasteiger partial charge in [-0.2, -0.15) is 0 Å². The fraction of sp³-hybridized carbons (Fsp3) is 0.727. The van der Waals surface area contributed by atoms with Crippen molar-refractivity contribution in [1.82, 2.24) is 15.1 Å². The molecule has 0 atom stereocenters. The summed E-state index contributed by atoms with van der Waals surface area (Å²) in [7, 11) is 1.52. The highest BCUT2D eigenvalue weighted by Gasteiger charge is 2.33. The fourth-order valence-electron chi connectivity index (χ4n) is 5.08. The summed E-state index contributed by atoms with van der Waals surface area (Å²) >= 11 is 0. The molecule has 0 aromatic heterocycles. The van der Waals surface area contributed by atoms with E-state index in [4.69, 9.17) is 4.74 Å². The Hall–Kier alpha value is -1.37. The van der Waals surface area contributed by atoms with E-state index >= 15 is 0 Å². The van der Waals surface area contributed by atoms with E-state index in [0.717, 1.165) is 38.8 Å². The first-order chi connectivity index (χ1) is 13.7. The number of methoxy groups -OCH3 is 1. The Morgan fingerprint density at radius 1 is 0.893 bits per heavy atom. The minimum absolute atomic E-state index is 0.278. The molecule has 0 unspecified atom stereocenters. The number of nitrogens with zero attached hydrogens (tertiary/aromatic N) is 3. The molecule has 0 spiro atoms. The quantitative estimate of drug-likeness (QED) is 0.794. The van der Waals surface area contributed by atoms with Gasteiger partial charge in [-0.25, -0.2) is 4.39 Å². The molecule has 0 bridgehead atoms. The zero-order valence-corrected chi connectivity index (χ0v) is 17.2. The fourth-order valence-corrected chi connectivity index (χ4v) is 5.08. The van der Waals surface area contributed by atoms with E-state index in [9.17, 15) is 4.39 Å². The van der Waals surface area contributed by atoms with Crippen LogP contribution in [0.3, 0.4) is 0 Å². The Morgan fingerprint density at radius 3 is 2.14 bits per heavy atom. The predicted octanol–water partition coefficient (Wildman–Crippen LogP) is 3.61. The lowest BCUT2D eigenvalue weighted by Gasteiger charge is -2.49. The van der Waals surface area contributed by atoms with Gasteiger partial charge in [0, 0.05) is 23.8 Å².